The highest BCUT2D eigenvalue weighted by Gasteiger charge is 2.25. The van der Waals surface area contributed by atoms with Crippen LogP contribution in [0.5, 0.6) is 0 Å². The van der Waals surface area contributed by atoms with Gasteiger partial charge in [-0.25, -0.2) is 18.7 Å². The average Bonchev–Trinajstić information content (AvgIpc) is 2.36. The Morgan fingerprint density at radius 2 is 2.16 bits per heavy atom. The maximum Gasteiger partial charge on any atom is 0.254 e. The van der Waals surface area contributed by atoms with Gasteiger partial charge in [-0.15, -0.1) is 0 Å². The molecule has 0 atom stereocenters. The standard InChI is InChI=1S/C10H13ClFN3O3S/c1-2-19(17,18)15(6-10(16)14-13)9-4-3-7(12)5-8(9)11/h3-5H,2,6,13H2,1H3,(H,14,16). The van der Waals surface area contributed by atoms with Crippen molar-refractivity contribution in [2.45, 2.75) is 6.92 Å². The van der Waals surface area contributed by atoms with E-state index in [4.69, 9.17) is 17.4 Å². The summed E-state index contributed by atoms with van der Waals surface area (Å²) < 4.78 is 37.6. The van der Waals surface area contributed by atoms with E-state index < -0.39 is 28.3 Å². The number of hydrogen-bond acceptors (Lipinski definition) is 4. The highest BCUT2D eigenvalue weighted by Crippen LogP contribution is 2.28. The summed E-state index contributed by atoms with van der Waals surface area (Å²) >= 11 is 5.80. The average molecular weight is 310 g/mol. The summed E-state index contributed by atoms with van der Waals surface area (Å²) in [6.07, 6.45) is 0. The zero-order chi connectivity index (χ0) is 14.6. The number of hydrazine groups is 1. The highest BCUT2D eigenvalue weighted by atomic mass is 35.5. The first kappa shape index (κ1) is 15.7. The Hall–Kier alpha value is -1.38. The molecule has 0 heterocycles. The molecule has 19 heavy (non-hydrogen) atoms. The van der Waals surface area contributed by atoms with Crippen molar-refractivity contribution in [1.29, 1.82) is 0 Å². The second-order valence-corrected chi connectivity index (χ2v) is 6.16. The molecule has 0 radical (unpaired) electrons. The van der Waals surface area contributed by atoms with E-state index in [0.29, 0.717) is 0 Å². The molecular weight excluding hydrogens is 297 g/mol. The Morgan fingerprint density at radius 3 is 2.63 bits per heavy atom. The van der Waals surface area contributed by atoms with Crippen molar-refractivity contribution in [3.63, 3.8) is 0 Å². The zero-order valence-corrected chi connectivity index (χ0v) is 11.6. The SMILES string of the molecule is CCS(=O)(=O)N(CC(=O)NN)c1ccc(F)cc1Cl. The largest absolute Gasteiger partial charge is 0.293 e. The van der Waals surface area contributed by atoms with Gasteiger partial charge >= 0.3 is 0 Å². The van der Waals surface area contributed by atoms with Crippen LogP contribution in [0.15, 0.2) is 18.2 Å². The number of rotatable bonds is 5. The summed E-state index contributed by atoms with van der Waals surface area (Å²) in [5.74, 6) is 3.38. The molecule has 0 saturated heterocycles. The molecule has 1 amide bonds. The molecule has 0 aliphatic carbocycles. The molecule has 1 rings (SSSR count). The van der Waals surface area contributed by atoms with Crippen molar-refractivity contribution in [3.05, 3.63) is 29.0 Å². The molecule has 0 aliphatic heterocycles. The van der Waals surface area contributed by atoms with Crippen molar-refractivity contribution < 1.29 is 17.6 Å². The van der Waals surface area contributed by atoms with Crippen LogP contribution in [0.1, 0.15) is 6.92 Å². The molecule has 9 heteroatoms. The van der Waals surface area contributed by atoms with Gasteiger partial charge in [-0.3, -0.25) is 14.5 Å². The summed E-state index contributed by atoms with van der Waals surface area (Å²) in [4.78, 5) is 11.3. The monoisotopic (exact) mass is 309 g/mol. The molecule has 0 unspecified atom stereocenters. The third kappa shape index (κ3) is 3.79. The molecule has 0 fully saturated rings. The smallest absolute Gasteiger partial charge is 0.254 e. The normalized spacial score (nSPS) is 11.2. The van der Waals surface area contributed by atoms with Crippen molar-refractivity contribution in [1.82, 2.24) is 5.43 Å². The molecular formula is C10H13ClFN3O3S. The number of nitrogens with one attached hydrogen (secondary N) is 1. The van der Waals surface area contributed by atoms with Gasteiger partial charge in [-0.2, -0.15) is 0 Å². The van der Waals surface area contributed by atoms with Crippen LogP contribution in [-0.4, -0.2) is 26.6 Å². The molecule has 1 aromatic carbocycles. The number of benzene rings is 1. The Balaban J connectivity index is 3.27. The van der Waals surface area contributed by atoms with Gasteiger partial charge in [-0.1, -0.05) is 11.6 Å². The fourth-order valence-corrected chi connectivity index (χ4v) is 2.75. The topological polar surface area (TPSA) is 92.5 Å². The van der Waals surface area contributed by atoms with Crippen molar-refractivity contribution in [2.24, 2.45) is 5.84 Å². The Bertz CT molecular complexity index is 579. The van der Waals surface area contributed by atoms with E-state index in [-0.39, 0.29) is 16.5 Å². The van der Waals surface area contributed by atoms with Gasteiger partial charge in [-0.05, 0) is 25.1 Å². The third-order valence-corrected chi connectivity index (χ3v) is 4.36. The van der Waals surface area contributed by atoms with Gasteiger partial charge < -0.3 is 0 Å². The summed E-state index contributed by atoms with van der Waals surface area (Å²) in [5, 5.41) is -0.109. The predicted molar refractivity (Wildman–Crippen MR) is 70.5 cm³/mol. The maximum absolute atomic E-state index is 13.0. The molecule has 0 aromatic heterocycles. The minimum absolute atomic E-state index is 0.0218. The van der Waals surface area contributed by atoms with Gasteiger partial charge in [0, 0.05) is 0 Å². The summed E-state index contributed by atoms with van der Waals surface area (Å²) in [6.45, 7) is 0.887. The lowest BCUT2D eigenvalue weighted by Gasteiger charge is -2.23. The number of carbonyl (C=O) groups excluding carboxylic acids is 1. The van der Waals surface area contributed by atoms with E-state index in [1.54, 1.807) is 0 Å². The molecule has 106 valence electrons. The van der Waals surface area contributed by atoms with Crippen molar-refractivity contribution in [2.75, 3.05) is 16.6 Å². The lowest BCUT2D eigenvalue weighted by molar-refractivity contribution is -0.119. The van der Waals surface area contributed by atoms with Crippen LogP contribution in [0, 0.1) is 5.82 Å². The van der Waals surface area contributed by atoms with Crippen molar-refractivity contribution in [3.8, 4) is 0 Å². The van der Waals surface area contributed by atoms with Crippen LogP contribution in [0.25, 0.3) is 0 Å². The molecule has 0 aliphatic rings. The Kier molecular flexibility index (Phi) is 5.10. The van der Waals surface area contributed by atoms with E-state index in [0.717, 1.165) is 16.4 Å². The number of anilines is 1. The van der Waals surface area contributed by atoms with E-state index in [9.17, 15) is 17.6 Å². The van der Waals surface area contributed by atoms with Crippen molar-refractivity contribution >= 4 is 33.2 Å². The van der Waals surface area contributed by atoms with Crippen LogP contribution in [0.4, 0.5) is 10.1 Å². The quantitative estimate of drug-likeness (QED) is 0.474. The maximum atomic E-state index is 13.0. The number of sulfonamides is 1. The number of nitrogens with two attached hydrogens (primary N) is 1. The second-order valence-electron chi connectivity index (χ2n) is 3.57. The minimum atomic E-state index is -3.74. The molecule has 0 spiro atoms. The van der Waals surface area contributed by atoms with Gasteiger partial charge in [0.25, 0.3) is 5.91 Å². The zero-order valence-electron chi connectivity index (χ0n) is 10.1. The third-order valence-electron chi connectivity index (χ3n) is 2.33. The molecule has 6 nitrogen and oxygen atoms in total. The lowest BCUT2D eigenvalue weighted by atomic mass is 10.3. The van der Waals surface area contributed by atoms with E-state index >= 15 is 0 Å². The van der Waals surface area contributed by atoms with Crippen LogP contribution in [0.3, 0.4) is 0 Å². The molecule has 3 N–H and O–H groups in total. The first-order chi connectivity index (χ1) is 8.81. The number of amides is 1. The van der Waals surface area contributed by atoms with Crippen LogP contribution in [-0.2, 0) is 14.8 Å². The summed E-state index contributed by atoms with van der Waals surface area (Å²) in [5.41, 5.74) is 1.85. The first-order valence-electron chi connectivity index (χ1n) is 5.26. The van der Waals surface area contributed by atoms with Gasteiger partial charge in [0.15, 0.2) is 0 Å². The molecule has 0 saturated carbocycles. The van der Waals surface area contributed by atoms with Gasteiger partial charge in [0.1, 0.15) is 12.4 Å². The van der Waals surface area contributed by atoms with E-state index in [2.05, 4.69) is 0 Å². The Morgan fingerprint density at radius 1 is 1.53 bits per heavy atom. The van der Waals surface area contributed by atoms with Crippen LogP contribution < -0.4 is 15.6 Å². The first-order valence-corrected chi connectivity index (χ1v) is 7.25. The highest BCUT2D eigenvalue weighted by molar-refractivity contribution is 7.92. The summed E-state index contributed by atoms with van der Waals surface area (Å²) in [7, 11) is -3.74. The number of carbonyl (C=O) groups is 1. The molecule has 0 bridgehead atoms. The fraction of sp³-hybridized carbons (Fsp3) is 0.300. The Labute approximate surface area is 115 Å². The van der Waals surface area contributed by atoms with Gasteiger partial charge in [0.05, 0.1) is 16.5 Å². The van der Waals surface area contributed by atoms with Crippen LogP contribution in [0.2, 0.25) is 5.02 Å². The number of hydrogen-bond donors (Lipinski definition) is 2. The molecule has 1 aromatic rings. The minimum Gasteiger partial charge on any atom is -0.293 e. The number of halogens is 2. The predicted octanol–water partition coefficient (Wildman–Crippen LogP) is 0.625. The van der Waals surface area contributed by atoms with Gasteiger partial charge in [0.2, 0.25) is 10.0 Å². The van der Waals surface area contributed by atoms with E-state index in [1.807, 2.05) is 5.43 Å². The van der Waals surface area contributed by atoms with Crippen LogP contribution >= 0.6 is 11.6 Å². The second kappa shape index (κ2) is 6.18. The summed E-state index contributed by atoms with van der Waals surface area (Å²) in [6, 6.07) is 3.21. The number of nitrogens with zero attached hydrogens (tertiary/aromatic N) is 1. The fourth-order valence-electron chi connectivity index (χ4n) is 1.35. The lowest BCUT2D eigenvalue weighted by Crippen LogP contribution is -2.43. The van der Waals surface area contributed by atoms with E-state index in [1.165, 1.54) is 13.0 Å².